The summed E-state index contributed by atoms with van der Waals surface area (Å²) >= 11 is 0. The zero-order valence-corrected chi connectivity index (χ0v) is 10.9. The van der Waals surface area contributed by atoms with E-state index in [2.05, 4.69) is 0 Å². The predicted molar refractivity (Wildman–Crippen MR) is 65.3 cm³/mol. The highest BCUT2D eigenvalue weighted by Crippen LogP contribution is 2.51. The largest absolute Gasteiger partial charge is 0.481 e. The van der Waals surface area contributed by atoms with E-state index in [1.807, 2.05) is 0 Å². The van der Waals surface area contributed by atoms with Crippen LogP contribution in [0.15, 0.2) is 12.1 Å². The van der Waals surface area contributed by atoms with Crippen LogP contribution in [0.3, 0.4) is 0 Å². The molecule has 6 heteroatoms. The molecule has 1 aromatic carbocycles. The molecule has 1 heterocycles. The van der Waals surface area contributed by atoms with Crippen molar-refractivity contribution in [2.45, 2.75) is 37.5 Å². The van der Waals surface area contributed by atoms with Crippen LogP contribution in [-0.4, -0.2) is 17.9 Å². The number of rotatable bonds is 3. The Morgan fingerprint density at radius 2 is 1.90 bits per heavy atom. The number of carboxylic acid groups (broad SMARTS) is 1. The van der Waals surface area contributed by atoms with Gasteiger partial charge in [0, 0.05) is 12.5 Å². The van der Waals surface area contributed by atoms with Gasteiger partial charge in [-0.2, -0.15) is 0 Å². The summed E-state index contributed by atoms with van der Waals surface area (Å²) in [4.78, 5) is 11.6. The van der Waals surface area contributed by atoms with Gasteiger partial charge in [-0.1, -0.05) is 6.42 Å². The minimum absolute atomic E-state index is 0.0341. The predicted octanol–water partition coefficient (Wildman–Crippen LogP) is 3.03. The molecule has 0 amide bonds. The summed E-state index contributed by atoms with van der Waals surface area (Å²) in [7, 11) is 0. The molecular formula is C14H14F2O4. The third kappa shape index (κ3) is 1.74. The van der Waals surface area contributed by atoms with Gasteiger partial charge >= 0.3 is 5.97 Å². The van der Waals surface area contributed by atoms with Gasteiger partial charge in [0.15, 0.2) is 11.5 Å². The van der Waals surface area contributed by atoms with Crippen molar-refractivity contribution < 1.29 is 28.2 Å². The van der Waals surface area contributed by atoms with E-state index in [9.17, 15) is 18.7 Å². The van der Waals surface area contributed by atoms with E-state index in [0.29, 0.717) is 18.6 Å². The third-order valence-corrected chi connectivity index (χ3v) is 4.12. The fraction of sp³-hybridized carbons (Fsp3) is 0.500. The van der Waals surface area contributed by atoms with Gasteiger partial charge < -0.3 is 14.6 Å². The molecule has 1 N–H and O–H groups in total. The lowest BCUT2D eigenvalue weighted by atomic mass is 9.63. The van der Waals surface area contributed by atoms with Crippen LogP contribution in [0.4, 0.5) is 8.78 Å². The Balaban J connectivity index is 2.21. The number of fused-ring (bicyclic) bond motifs is 1. The highest BCUT2D eigenvalue weighted by Gasteiger charge is 2.50. The number of ether oxygens (including phenoxy) is 2. The molecule has 1 aromatic rings. The first-order valence-corrected chi connectivity index (χ1v) is 6.40. The molecular weight excluding hydrogens is 270 g/mol. The Morgan fingerprint density at radius 1 is 1.30 bits per heavy atom. The van der Waals surface area contributed by atoms with Crippen LogP contribution in [0, 0.1) is 0 Å². The molecule has 1 aliphatic carbocycles. The smallest absolute Gasteiger partial charge is 0.314 e. The average Bonchev–Trinajstić information content (AvgIpc) is 2.71. The lowest BCUT2D eigenvalue weighted by Crippen LogP contribution is -2.43. The Labute approximate surface area is 114 Å². The van der Waals surface area contributed by atoms with E-state index in [1.165, 1.54) is 12.1 Å². The second kappa shape index (κ2) is 4.07. The van der Waals surface area contributed by atoms with Gasteiger partial charge in [-0.15, -0.1) is 0 Å². The maximum atomic E-state index is 13.8. The van der Waals surface area contributed by atoms with E-state index >= 15 is 0 Å². The van der Waals surface area contributed by atoms with Crippen molar-refractivity contribution in [1.82, 2.24) is 0 Å². The molecule has 2 aliphatic rings. The van der Waals surface area contributed by atoms with Crippen molar-refractivity contribution in [3.63, 3.8) is 0 Å². The number of alkyl halides is 2. The fourth-order valence-electron chi connectivity index (χ4n) is 2.83. The summed E-state index contributed by atoms with van der Waals surface area (Å²) in [5.41, 5.74) is -1.37. The van der Waals surface area contributed by atoms with E-state index < -0.39 is 17.3 Å². The van der Waals surface area contributed by atoms with Crippen molar-refractivity contribution in [1.29, 1.82) is 0 Å². The second-order valence-corrected chi connectivity index (χ2v) is 5.38. The van der Waals surface area contributed by atoms with E-state index in [4.69, 9.17) is 9.47 Å². The number of halogens is 2. The molecule has 0 aromatic heterocycles. The van der Waals surface area contributed by atoms with Gasteiger partial charge in [0.1, 0.15) is 0 Å². The molecule has 1 fully saturated rings. The average molecular weight is 284 g/mol. The van der Waals surface area contributed by atoms with Crippen molar-refractivity contribution >= 4 is 5.97 Å². The van der Waals surface area contributed by atoms with E-state index in [-0.39, 0.29) is 23.7 Å². The van der Waals surface area contributed by atoms with Gasteiger partial charge in [-0.25, -0.2) is 8.78 Å². The maximum absolute atomic E-state index is 13.8. The molecule has 0 saturated heterocycles. The summed E-state index contributed by atoms with van der Waals surface area (Å²) in [6.45, 7) is 0.732. The zero-order chi connectivity index (χ0) is 14.5. The molecule has 4 nitrogen and oxygen atoms in total. The molecule has 0 bridgehead atoms. The van der Waals surface area contributed by atoms with Crippen LogP contribution in [0.1, 0.15) is 37.3 Å². The van der Waals surface area contributed by atoms with Crippen LogP contribution in [0.25, 0.3) is 0 Å². The number of hydrogen-bond acceptors (Lipinski definition) is 3. The molecule has 20 heavy (non-hydrogen) atoms. The molecule has 1 aliphatic heterocycles. The van der Waals surface area contributed by atoms with Crippen molar-refractivity contribution in [2.24, 2.45) is 0 Å². The number of carboxylic acids is 1. The first kappa shape index (κ1) is 13.1. The summed E-state index contributed by atoms with van der Waals surface area (Å²) in [6, 6.07) is 2.61. The summed E-state index contributed by atoms with van der Waals surface area (Å²) < 4.78 is 38.0. The lowest BCUT2D eigenvalue weighted by Gasteiger charge is -2.40. The molecule has 0 unspecified atom stereocenters. The molecule has 1 saturated carbocycles. The fourth-order valence-corrected chi connectivity index (χ4v) is 2.83. The van der Waals surface area contributed by atoms with Gasteiger partial charge in [0.25, 0.3) is 5.92 Å². The summed E-state index contributed by atoms with van der Waals surface area (Å²) in [5, 5.41) is 9.46. The van der Waals surface area contributed by atoms with Gasteiger partial charge in [-0.3, -0.25) is 4.79 Å². The van der Waals surface area contributed by atoms with Crippen molar-refractivity contribution in [3.8, 4) is 11.5 Å². The summed E-state index contributed by atoms with van der Waals surface area (Å²) in [5.74, 6) is -3.62. The SMILES string of the molecule is CC(F)(F)c1cc2c(cc1C1(C(=O)O)CCC1)OCO2. The molecule has 0 spiro atoms. The molecule has 0 atom stereocenters. The highest BCUT2D eigenvalue weighted by atomic mass is 19.3. The Kier molecular flexibility index (Phi) is 2.68. The summed E-state index contributed by atoms with van der Waals surface area (Å²) in [6.07, 6.45) is 1.45. The van der Waals surface area contributed by atoms with Crippen LogP contribution >= 0.6 is 0 Å². The third-order valence-electron chi connectivity index (χ3n) is 4.12. The minimum Gasteiger partial charge on any atom is -0.481 e. The monoisotopic (exact) mass is 284 g/mol. The maximum Gasteiger partial charge on any atom is 0.314 e. The highest BCUT2D eigenvalue weighted by molar-refractivity contribution is 5.84. The van der Waals surface area contributed by atoms with Crippen LogP contribution < -0.4 is 9.47 Å². The Bertz CT molecular complexity index is 573. The van der Waals surface area contributed by atoms with E-state index in [1.54, 1.807) is 0 Å². The Hall–Kier alpha value is -1.85. The zero-order valence-electron chi connectivity index (χ0n) is 10.9. The second-order valence-electron chi connectivity index (χ2n) is 5.38. The first-order chi connectivity index (χ1) is 9.34. The van der Waals surface area contributed by atoms with Gasteiger partial charge in [0.2, 0.25) is 6.79 Å². The molecule has 108 valence electrons. The van der Waals surface area contributed by atoms with Crippen LogP contribution in [0.5, 0.6) is 11.5 Å². The number of hydrogen-bond donors (Lipinski definition) is 1. The number of aliphatic carboxylic acids is 1. The topological polar surface area (TPSA) is 55.8 Å². The molecule has 3 rings (SSSR count). The minimum atomic E-state index is -3.13. The normalized spacial score (nSPS) is 19.6. The molecule has 0 radical (unpaired) electrons. The standard InChI is InChI=1S/C14H14F2O4/c1-13(15,16)8-5-10-11(20-7-19-10)6-9(8)14(12(17)18)3-2-4-14/h5-6H,2-4,7H2,1H3,(H,17,18). The number of carbonyl (C=O) groups is 1. The van der Waals surface area contributed by atoms with Gasteiger partial charge in [-0.05, 0) is 30.5 Å². The Morgan fingerprint density at radius 3 is 2.35 bits per heavy atom. The van der Waals surface area contributed by atoms with E-state index in [0.717, 1.165) is 13.3 Å². The van der Waals surface area contributed by atoms with Crippen molar-refractivity contribution in [3.05, 3.63) is 23.3 Å². The van der Waals surface area contributed by atoms with Crippen molar-refractivity contribution in [2.75, 3.05) is 6.79 Å². The number of benzene rings is 1. The lowest BCUT2D eigenvalue weighted by molar-refractivity contribution is -0.147. The quantitative estimate of drug-likeness (QED) is 0.927. The van der Waals surface area contributed by atoms with Crippen LogP contribution in [-0.2, 0) is 16.1 Å². The van der Waals surface area contributed by atoms with Gasteiger partial charge in [0.05, 0.1) is 5.41 Å². The van der Waals surface area contributed by atoms with Crippen LogP contribution in [0.2, 0.25) is 0 Å². The first-order valence-electron chi connectivity index (χ1n) is 6.40.